The molecule has 0 atom stereocenters. The van der Waals surface area contributed by atoms with Gasteiger partial charge in [0, 0.05) is 0 Å². The summed E-state index contributed by atoms with van der Waals surface area (Å²) < 4.78 is 11.7. The Morgan fingerprint density at radius 1 is 0.906 bits per heavy atom. The molecule has 1 N–H and O–H groups in total. The third kappa shape index (κ3) is 4.64. The number of anilines is 1. The number of ether oxygens (including phenoxy) is 2. The zero-order chi connectivity index (χ0) is 22.5. The number of rotatable bonds is 7. The quantitative estimate of drug-likeness (QED) is 0.446. The van der Waals surface area contributed by atoms with E-state index in [-0.39, 0.29) is 5.57 Å². The van der Waals surface area contributed by atoms with E-state index in [9.17, 15) is 9.59 Å². The number of carbonyl (C=O) groups is 2. The van der Waals surface area contributed by atoms with Crippen LogP contribution in [0.5, 0.6) is 11.5 Å². The summed E-state index contributed by atoms with van der Waals surface area (Å²) in [4.78, 5) is 25.2. The number of amides is 2. The van der Waals surface area contributed by atoms with Crippen LogP contribution in [-0.4, -0.2) is 18.4 Å². The van der Waals surface area contributed by atoms with Crippen molar-refractivity contribution in [1.29, 1.82) is 0 Å². The molecular weight excluding hydrogens is 404 g/mol. The maximum Gasteiger partial charge on any atom is 0.282 e. The van der Waals surface area contributed by atoms with Gasteiger partial charge in [-0.2, -0.15) is 0 Å². The number of para-hydroxylation sites is 1. The van der Waals surface area contributed by atoms with Gasteiger partial charge in [0.15, 0.2) is 11.5 Å². The largest absolute Gasteiger partial charge is 0.490 e. The van der Waals surface area contributed by atoms with Crippen LogP contribution >= 0.6 is 0 Å². The van der Waals surface area contributed by atoms with E-state index in [2.05, 4.69) is 5.43 Å². The van der Waals surface area contributed by atoms with E-state index in [4.69, 9.17) is 9.47 Å². The van der Waals surface area contributed by atoms with E-state index < -0.39 is 11.8 Å². The average Bonchev–Trinajstić information content (AvgIpc) is 3.09. The molecule has 1 aliphatic rings. The number of aryl methyl sites for hydroxylation is 1. The minimum absolute atomic E-state index is 0.0598. The van der Waals surface area contributed by atoms with Crippen LogP contribution in [-0.2, 0) is 16.2 Å². The molecule has 32 heavy (non-hydrogen) atoms. The lowest BCUT2D eigenvalue weighted by Crippen LogP contribution is -2.35. The Balaban J connectivity index is 1.55. The highest BCUT2D eigenvalue weighted by Gasteiger charge is 2.34. The van der Waals surface area contributed by atoms with Gasteiger partial charge in [-0.1, -0.05) is 54.1 Å². The predicted octanol–water partition coefficient (Wildman–Crippen LogP) is 4.43. The van der Waals surface area contributed by atoms with Crippen molar-refractivity contribution in [2.24, 2.45) is 0 Å². The summed E-state index contributed by atoms with van der Waals surface area (Å²) in [6.45, 7) is 4.80. The first-order valence-corrected chi connectivity index (χ1v) is 10.4. The van der Waals surface area contributed by atoms with E-state index in [1.807, 2.05) is 44.2 Å². The second-order valence-corrected chi connectivity index (χ2v) is 7.39. The summed E-state index contributed by atoms with van der Waals surface area (Å²) in [6.07, 6.45) is 1.56. The van der Waals surface area contributed by atoms with Crippen molar-refractivity contribution < 1.29 is 19.1 Å². The number of nitrogens with zero attached hydrogens (tertiary/aromatic N) is 1. The Bertz CT molecular complexity index is 1150. The lowest BCUT2D eigenvalue weighted by molar-refractivity contribution is -0.117. The molecule has 6 nitrogen and oxygen atoms in total. The Hall–Kier alpha value is -4.06. The summed E-state index contributed by atoms with van der Waals surface area (Å²) in [6, 6.07) is 22.5. The first-order chi connectivity index (χ1) is 15.5. The van der Waals surface area contributed by atoms with E-state index in [0.717, 1.165) is 5.56 Å². The molecule has 0 aromatic heterocycles. The zero-order valence-electron chi connectivity index (χ0n) is 18.0. The SMILES string of the molecule is CCOc1cc(C=C2C(=O)NN(c3ccccc3)C2=O)ccc1OCc1ccc(C)cc1. The average molecular weight is 428 g/mol. The van der Waals surface area contributed by atoms with E-state index in [1.54, 1.807) is 48.5 Å². The maximum atomic E-state index is 12.8. The number of hydrogen-bond donors (Lipinski definition) is 1. The highest BCUT2D eigenvalue weighted by atomic mass is 16.5. The van der Waals surface area contributed by atoms with Gasteiger partial charge in [-0.15, -0.1) is 0 Å². The smallest absolute Gasteiger partial charge is 0.282 e. The molecule has 1 aliphatic heterocycles. The number of hydrogen-bond acceptors (Lipinski definition) is 4. The Morgan fingerprint density at radius 3 is 2.38 bits per heavy atom. The summed E-state index contributed by atoms with van der Waals surface area (Å²) >= 11 is 0. The maximum absolute atomic E-state index is 12.8. The van der Waals surface area contributed by atoms with Gasteiger partial charge >= 0.3 is 0 Å². The van der Waals surface area contributed by atoms with Crippen molar-refractivity contribution in [3.8, 4) is 11.5 Å². The Morgan fingerprint density at radius 2 is 1.66 bits per heavy atom. The van der Waals surface area contributed by atoms with Gasteiger partial charge in [0.1, 0.15) is 12.2 Å². The van der Waals surface area contributed by atoms with Gasteiger partial charge in [-0.3, -0.25) is 15.0 Å². The molecule has 4 rings (SSSR count). The Kier molecular flexibility index (Phi) is 6.22. The number of nitrogens with one attached hydrogen (secondary N) is 1. The van der Waals surface area contributed by atoms with Gasteiger partial charge in [0.2, 0.25) is 0 Å². The van der Waals surface area contributed by atoms with Crippen LogP contribution in [0.1, 0.15) is 23.6 Å². The highest BCUT2D eigenvalue weighted by molar-refractivity contribution is 6.31. The van der Waals surface area contributed by atoms with Crippen LogP contribution < -0.4 is 19.9 Å². The molecule has 0 saturated carbocycles. The van der Waals surface area contributed by atoms with Crippen LogP contribution in [0.4, 0.5) is 5.69 Å². The molecule has 0 spiro atoms. The molecule has 0 unspecified atom stereocenters. The van der Waals surface area contributed by atoms with Crippen molar-refractivity contribution in [3.05, 3.63) is 95.1 Å². The van der Waals surface area contributed by atoms with Gasteiger partial charge in [-0.25, -0.2) is 5.01 Å². The molecule has 3 aromatic carbocycles. The van der Waals surface area contributed by atoms with Crippen LogP contribution in [0.2, 0.25) is 0 Å². The van der Waals surface area contributed by atoms with Gasteiger partial charge in [-0.05, 0) is 55.3 Å². The van der Waals surface area contributed by atoms with E-state index in [0.29, 0.717) is 36.0 Å². The normalized spacial score (nSPS) is 14.6. The summed E-state index contributed by atoms with van der Waals surface area (Å²) in [7, 11) is 0. The number of benzene rings is 3. The first kappa shape index (κ1) is 21.2. The van der Waals surface area contributed by atoms with Crippen molar-refractivity contribution in [2.45, 2.75) is 20.5 Å². The topological polar surface area (TPSA) is 67.9 Å². The molecule has 0 aliphatic carbocycles. The van der Waals surface area contributed by atoms with Crippen molar-refractivity contribution >= 4 is 23.6 Å². The van der Waals surface area contributed by atoms with Gasteiger partial charge < -0.3 is 9.47 Å². The summed E-state index contributed by atoms with van der Waals surface area (Å²) in [5.74, 6) is 0.304. The van der Waals surface area contributed by atoms with Gasteiger partial charge in [0.05, 0.1) is 12.3 Å². The molecule has 6 heteroatoms. The molecule has 1 saturated heterocycles. The minimum atomic E-state index is -0.448. The van der Waals surface area contributed by atoms with Crippen LogP contribution in [0.25, 0.3) is 6.08 Å². The second-order valence-electron chi connectivity index (χ2n) is 7.39. The fourth-order valence-electron chi connectivity index (χ4n) is 3.33. The van der Waals surface area contributed by atoms with Crippen molar-refractivity contribution in [2.75, 3.05) is 11.6 Å². The highest BCUT2D eigenvalue weighted by Crippen LogP contribution is 2.31. The molecule has 0 radical (unpaired) electrons. The van der Waals surface area contributed by atoms with Crippen LogP contribution in [0.15, 0.2) is 78.4 Å². The molecule has 1 heterocycles. The fraction of sp³-hybridized carbons (Fsp3) is 0.154. The first-order valence-electron chi connectivity index (χ1n) is 10.4. The molecule has 0 bridgehead atoms. The summed E-state index contributed by atoms with van der Waals surface area (Å²) in [5.41, 5.74) is 6.18. The molecule has 2 amide bonds. The van der Waals surface area contributed by atoms with E-state index in [1.165, 1.54) is 10.6 Å². The summed E-state index contributed by atoms with van der Waals surface area (Å²) in [5, 5.41) is 1.25. The number of carbonyl (C=O) groups excluding carboxylic acids is 2. The molecule has 1 fully saturated rings. The molecule has 162 valence electrons. The standard InChI is InChI=1S/C26H24N2O4/c1-3-31-24-16-20(13-14-23(24)32-17-19-11-9-18(2)10-12-19)15-22-25(29)27-28(26(22)30)21-7-5-4-6-8-21/h4-16H,3,17H2,1-2H3,(H,27,29). The van der Waals surface area contributed by atoms with Gasteiger partial charge in [0.25, 0.3) is 11.8 Å². The lowest BCUT2D eigenvalue weighted by atomic mass is 10.1. The monoisotopic (exact) mass is 428 g/mol. The second kappa shape index (κ2) is 9.39. The fourth-order valence-corrected chi connectivity index (χ4v) is 3.33. The van der Waals surface area contributed by atoms with Crippen LogP contribution in [0, 0.1) is 6.92 Å². The molecule has 3 aromatic rings. The predicted molar refractivity (Wildman–Crippen MR) is 123 cm³/mol. The van der Waals surface area contributed by atoms with E-state index >= 15 is 0 Å². The Labute approximate surface area is 187 Å². The molecular formula is C26H24N2O4. The zero-order valence-corrected chi connectivity index (χ0v) is 18.0. The number of hydrazine groups is 1. The van der Waals surface area contributed by atoms with Crippen LogP contribution in [0.3, 0.4) is 0 Å². The minimum Gasteiger partial charge on any atom is -0.490 e. The van der Waals surface area contributed by atoms with Crippen molar-refractivity contribution in [3.63, 3.8) is 0 Å². The third-order valence-electron chi connectivity index (χ3n) is 5.00. The van der Waals surface area contributed by atoms with Crippen molar-refractivity contribution in [1.82, 2.24) is 5.43 Å². The lowest BCUT2D eigenvalue weighted by Gasteiger charge is -2.14. The third-order valence-corrected chi connectivity index (χ3v) is 5.00.